The largest absolute Gasteiger partial charge is 0.392 e. The van der Waals surface area contributed by atoms with Crippen molar-refractivity contribution in [1.82, 2.24) is 4.90 Å². The SMILES string of the molecule is CC1(C)CN(Cc2ccccc2Br)CCC1O. The lowest BCUT2D eigenvalue weighted by Crippen LogP contribution is -2.48. The lowest BCUT2D eigenvalue weighted by Gasteiger charge is -2.41. The van der Waals surface area contributed by atoms with Gasteiger partial charge >= 0.3 is 0 Å². The molecular formula is C14H20BrNO. The van der Waals surface area contributed by atoms with E-state index in [2.05, 4.69) is 52.9 Å². The highest BCUT2D eigenvalue weighted by atomic mass is 79.9. The van der Waals surface area contributed by atoms with Gasteiger partial charge in [-0.2, -0.15) is 0 Å². The van der Waals surface area contributed by atoms with E-state index in [9.17, 15) is 5.11 Å². The number of piperidine rings is 1. The van der Waals surface area contributed by atoms with Crippen LogP contribution in [0.1, 0.15) is 25.8 Å². The van der Waals surface area contributed by atoms with Gasteiger partial charge in [-0.1, -0.05) is 48.0 Å². The first-order valence-electron chi connectivity index (χ1n) is 6.13. The van der Waals surface area contributed by atoms with Crippen LogP contribution < -0.4 is 0 Å². The molecule has 1 unspecified atom stereocenters. The van der Waals surface area contributed by atoms with Crippen molar-refractivity contribution in [2.75, 3.05) is 13.1 Å². The summed E-state index contributed by atoms with van der Waals surface area (Å²) in [6.07, 6.45) is 0.704. The van der Waals surface area contributed by atoms with Crippen LogP contribution in [0, 0.1) is 5.41 Å². The molecule has 1 heterocycles. The van der Waals surface area contributed by atoms with Crippen molar-refractivity contribution in [3.8, 4) is 0 Å². The first kappa shape index (κ1) is 13.1. The van der Waals surface area contributed by atoms with Crippen LogP contribution in [0.2, 0.25) is 0 Å². The topological polar surface area (TPSA) is 23.5 Å². The van der Waals surface area contributed by atoms with Gasteiger partial charge in [0.2, 0.25) is 0 Å². The summed E-state index contributed by atoms with van der Waals surface area (Å²) in [5, 5.41) is 9.94. The Bertz CT molecular complexity index is 392. The van der Waals surface area contributed by atoms with E-state index in [0.29, 0.717) is 0 Å². The van der Waals surface area contributed by atoms with Gasteiger partial charge in [0.05, 0.1) is 6.10 Å². The first-order valence-corrected chi connectivity index (χ1v) is 6.92. The fourth-order valence-corrected chi connectivity index (χ4v) is 2.87. The van der Waals surface area contributed by atoms with Crippen LogP contribution in [0.5, 0.6) is 0 Å². The van der Waals surface area contributed by atoms with Gasteiger partial charge in [0.15, 0.2) is 0 Å². The van der Waals surface area contributed by atoms with Gasteiger partial charge in [-0.25, -0.2) is 0 Å². The van der Waals surface area contributed by atoms with Crippen molar-refractivity contribution < 1.29 is 5.11 Å². The number of halogens is 1. The number of rotatable bonds is 2. The molecule has 1 aromatic rings. The molecule has 0 aliphatic carbocycles. The summed E-state index contributed by atoms with van der Waals surface area (Å²) in [6, 6.07) is 8.35. The third-order valence-corrected chi connectivity index (χ3v) is 4.38. The third kappa shape index (κ3) is 3.09. The van der Waals surface area contributed by atoms with Gasteiger partial charge in [-0.3, -0.25) is 4.90 Å². The molecule has 1 aliphatic heterocycles. The molecule has 2 rings (SSSR count). The highest BCUT2D eigenvalue weighted by molar-refractivity contribution is 9.10. The Morgan fingerprint density at radius 2 is 2.12 bits per heavy atom. The van der Waals surface area contributed by atoms with E-state index in [4.69, 9.17) is 0 Å². The molecule has 0 amide bonds. The molecule has 1 atom stereocenters. The van der Waals surface area contributed by atoms with Crippen LogP contribution >= 0.6 is 15.9 Å². The minimum atomic E-state index is -0.169. The van der Waals surface area contributed by atoms with Crippen molar-refractivity contribution in [2.24, 2.45) is 5.41 Å². The van der Waals surface area contributed by atoms with Gasteiger partial charge < -0.3 is 5.11 Å². The second kappa shape index (κ2) is 5.09. The molecule has 94 valence electrons. The fourth-order valence-electron chi connectivity index (χ4n) is 2.46. The van der Waals surface area contributed by atoms with Gasteiger partial charge in [-0.15, -0.1) is 0 Å². The van der Waals surface area contributed by atoms with Gasteiger partial charge in [-0.05, 0) is 18.1 Å². The summed E-state index contributed by atoms with van der Waals surface area (Å²) in [7, 11) is 0. The highest BCUT2D eigenvalue weighted by Crippen LogP contribution is 2.30. The van der Waals surface area contributed by atoms with Crippen LogP contribution in [0.25, 0.3) is 0 Å². The average molecular weight is 298 g/mol. The van der Waals surface area contributed by atoms with E-state index in [1.807, 2.05) is 6.07 Å². The molecule has 0 saturated carbocycles. The van der Waals surface area contributed by atoms with E-state index in [1.165, 1.54) is 10.0 Å². The smallest absolute Gasteiger partial charge is 0.0615 e. The predicted molar refractivity (Wildman–Crippen MR) is 73.8 cm³/mol. The van der Waals surface area contributed by atoms with Crippen molar-refractivity contribution >= 4 is 15.9 Å². The Morgan fingerprint density at radius 3 is 2.76 bits per heavy atom. The van der Waals surface area contributed by atoms with Crippen LogP contribution in [0.15, 0.2) is 28.7 Å². The van der Waals surface area contributed by atoms with Crippen LogP contribution in [0.4, 0.5) is 0 Å². The number of aliphatic hydroxyl groups excluding tert-OH is 1. The van der Waals surface area contributed by atoms with Crippen LogP contribution in [-0.2, 0) is 6.54 Å². The Morgan fingerprint density at radius 1 is 1.41 bits per heavy atom. The molecule has 2 nitrogen and oxygen atoms in total. The van der Waals surface area contributed by atoms with E-state index in [1.54, 1.807) is 0 Å². The third-order valence-electron chi connectivity index (χ3n) is 3.60. The summed E-state index contributed by atoms with van der Waals surface area (Å²) in [5.74, 6) is 0. The van der Waals surface area contributed by atoms with Gasteiger partial charge in [0.25, 0.3) is 0 Å². The second-order valence-electron chi connectivity index (χ2n) is 5.60. The van der Waals surface area contributed by atoms with Crippen LogP contribution in [-0.4, -0.2) is 29.2 Å². The normalized spacial score (nSPS) is 24.8. The summed E-state index contributed by atoms with van der Waals surface area (Å²) < 4.78 is 1.17. The summed E-state index contributed by atoms with van der Waals surface area (Å²) in [6.45, 7) is 7.17. The van der Waals surface area contributed by atoms with Crippen molar-refractivity contribution in [3.05, 3.63) is 34.3 Å². The molecule has 0 aromatic heterocycles. The maximum absolute atomic E-state index is 9.94. The molecule has 17 heavy (non-hydrogen) atoms. The van der Waals surface area contributed by atoms with Crippen molar-refractivity contribution in [1.29, 1.82) is 0 Å². The van der Waals surface area contributed by atoms with Crippen molar-refractivity contribution in [2.45, 2.75) is 32.9 Å². The molecule has 1 N–H and O–H groups in total. The molecule has 1 saturated heterocycles. The molecule has 0 radical (unpaired) electrons. The number of hydrogen-bond donors (Lipinski definition) is 1. The van der Waals surface area contributed by atoms with E-state index in [-0.39, 0.29) is 11.5 Å². The Labute approximate surface area is 112 Å². The number of likely N-dealkylation sites (tertiary alicyclic amines) is 1. The minimum Gasteiger partial charge on any atom is -0.392 e. The first-order chi connectivity index (χ1) is 7.99. The molecular weight excluding hydrogens is 278 g/mol. The Kier molecular flexibility index (Phi) is 3.91. The molecule has 1 aliphatic rings. The highest BCUT2D eigenvalue weighted by Gasteiger charge is 2.34. The summed E-state index contributed by atoms with van der Waals surface area (Å²) >= 11 is 3.59. The quantitative estimate of drug-likeness (QED) is 0.907. The Balaban J connectivity index is 2.04. The number of hydrogen-bond acceptors (Lipinski definition) is 2. The number of aliphatic hydroxyl groups is 1. The molecule has 3 heteroatoms. The predicted octanol–water partition coefficient (Wildman–Crippen LogP) is 3.04. The van der Waals surface area contributed by atoms with E-state index in [0.717, 1.165) is 26.1 Å². The maximum Gasteiger partial charge on any atom is 0.0615 e. The fraction of sp³-hybridized carbons (Fsp3) is 0.571. The minimum absolute atomic E-state index is 0.000490. The second-order valence-corrected chi connectivity index (χ2v) is 6.45. The summed E-state index contributed by atoms with van der Waals surface area (Å²) in [4.78, 5) is 2.42. The van der Waals surface area contributed by atoms with E-state index >= 15 is 0 Å². The molecule has 1 fully saturated rings. The summed E-state index contributed by atoms with van der Waals surface area (Å²) in [5.41, 5.74) is 1.32. The van der Waals surface area contributed by atoms with Crippen molar-refractivity contribution in [3.63, 3.8) is 0 Å². The van der Waals surface area contributed by atoms with E-state index < -0.39 is 0 Å². The average Bonchev–Trinajstić information content (AvgIpc) is 2.26. The van der Waals surface area contributed by atoms with Gasteiger partial charge in [0, 0.05) is 29.5 Å². The maximum atomic E-state index is 9.94. The monoisotopic (exact) mass is 297 g/mol. The lowest BCUT2D eigenvalue weighted by atomic mass is 9.81. The zero-order valence-electron chi connectivity index (χ0n) is 10.5. The lowest BCUT2D eigenvalue weighted by molar-refractivity contribution is -0.0270. The zero-order chi connectivity index (χ0) is 12.5. The van der Waals surface area contributed by atoms with Crippen LogP contribution in [0.3, 0.4) is 0 Å². The van der Waals surface area contributed by atoms with Gasteiger partial charge in [0.1, 0.15) is 0 Å². The number of nitrogens with zero attached hydrogens (tertiary/aromatic N) is 1. The Hall–Kier alpha value is -0.380. The molecule has 1 aromatic carbocycles. The standard InChI is InChI=1S/C14H20BrNO/c1-14(2)10-16(8-7-13(14)17)9-11-5-3-4-6-12(11)15/h3-6,13,17H,7-10H2,1-2H3. The molecule has 0 bridgehead atoms. The number of benzene rings is 1. The zero-order valence-corrected chi connectivity index (χ0v) is 12.1. The molecule has 0 spiro atoms.